The molecule has 2 N–H and O–H groups in total. The van der Waals surface area contributed by atoms with E-state index in [9.17, 15) is 9.59 Å². The molecule has 6 heteroatoms. The van der Waals surface area contributed by atoms with Gasteiger partial charge in [0.15, 0.2) is 6.10 Å². The van der Waals surface area contributed by atoms with Gasteiger partial charge in [-0.15, -0.1) is 0 Å². The lowest BCUT2D eigenvalue weighted by Gasteiger charge is -2.10. The Bertz CT molecular complexity index is 490. The highest BCUT2D eigenvalue weighted by Gasteiger charge is 2.13. The molecule has 0 spiro atoms. The predicted octanol–water partition coefficient (Wildman–Crippen LogP) is 2.22. The van der Waals surface area contributed by atoms with Gasteiger partial charge in [-0.25, -0.2) is 0 Å². The van der Waals surface area contributed by atoms with E-state index in [-0.39, 0.29) is 6.42 Å². The molecule has 1 rings (SSSR count). The molecule has 20 heavy (non-hydrogen) atoms. The van der Waals surface area contributed by atoms with Gasteiger partial charge < -0.3 is 15.2 Å². The Labute approximate surface area is 123 Å². The van der Waals surface area contributed by atoms with E-state index in [1.54, 1.807) is 12.1 Å². The maximum atomic E-state index is 11.4. The van der Waals surface area contributed by atoms with Crippen molar-refractivity contribution in [2.75, 3.05) is 6.61 Å². The molecule has 0 aliphatic heterocycles. The number of primary amides is 1. The first-order valence-corrected chi connectivity index (χ1v) is 6.65. The molecule has 0 fully saturated rings. The van der Waals surface area contributed by atoms with E-state index in [2.05, 4.69) is 0 Å². The van der Waals surface area contributed by atoms with Crippen LogP contribution in [0.1, 0.15) is 25.3 Å². The van der Waals surface area contributed by atoms with Crippen LogP contribution in [0.15, 0.2) is 18.2 Å². The van der Waals surface area contributed by atoms with Crippen molar-refractivity contribution >= 4 is 23.5 Å². The molecular weight excluding hydrogens is 282 g/mol. The van der Waals surface area contributed by atoms with Crippen LogP contribution < -0.4 is 10.5 Å². The van der Waals surface area contributed by atoms with Crippen LogP contribution in [0, 0.1) is 6.92 Å². The first kappa shape index (κ1) is 16.3. The van der Waals surface area contributed by atoms with E-state index < -0.39 is 18.0 Å². The maximum Gasteiger partial charge on any atom is 0.306 e. The summed E-state index contributed by atoms with van der Waals surface area (Å²) in [5, 5.41) is 0.682. The van der Waals surface area contributed by atoms with Crippen LogP contribution in [0.25, 0.3) is 0 Å². The highest BCUT2D eigenvalue weighted by Crippen LogP contribution is 2.21. The van der Waals surface area contributed by atoms with E-state index >= 15 is 0 Å². The fourth-order valence-corrected chi connectivity index (χ4v) is 1.55. The summed E-state index contributed by atoms with van der Waals surface area (Å²) in [6.07, 6.45) is -0.238. The minimum absolute atomic E-state index is 0.171. The lowest BCUT2D eigenvalue weighted by molar-refractivity contribution is -0.153. The molecule has 1 aromatic carbocycles. The minimum atomic E-state index is -0.901. The number of aryl methyl sites for hydroxylation is 1. The van der Waals surface area contributed by atoms with Gasteiger partial charge in [0.2, 0.25) is 0 Å². The quantitative estimate of drug-likeness (QED) is 0.618. The molecular formula is C14H18ClNO4. The summed E-state index contributed by atoms with van der Waals surface area (Å²) in [5.41, 5.74) is 5.92. The number of carbonyl (C=O) groups excluding carboxylic acids is 2. The fraction of sp³-hybridized carbons (Fsp3) is 0.429. The van der Waals surface area contributed by atoms with Gasteiger partial charge in [-0.05, 0) is 44.0 Å². The summed E-state index contributed by atoms with van der Waals surface area (Å²) in [6.45, 7) is 3.70. The van der Waals surface area contributed by atoms with E-state index in [1.807, 2.05) is 13.0 Å². The average molecular weight is 300 g/mol. The van der Waals surface area contributed by atoms with Crippen LogP contribution >= 0.6 is 11.6 Å². The lowest BCUT2D eigenvalue weighted by atomic mass is 10.2. The largest absolute Gasteiger partial charge is 0.494 e. The first-order valence-electron chi connectivity index (χ1n) is 6.28. The highest BCUT2D eigenvalue weighted by atomic mass is 35.5. The van der Waals surface area contributed by atoms with Crippen molar-refractivity contribution in [2.45, 2.75) is 32.8 Å². The minimum Gasteiger partial charge on any atom is -0.494 e. The maximum absolute atomic E-state index is 11.4. The molecule has 0 unspecified atom stereocenters. The molecule has 1 amide bonds. The van der Waals surface area contributed by atoms with Crippen LogP contribution in [0.2, 0.25) is 5.02 Å². The molecule has 5 nitrogen and oxygen atoms in total. The third-order valence-corrected chi connectivity index (χ3v) is 3.06. The van der Waals surface area contributed by atoms with Gasteiger partial charge in [-0.1, -0.05) is 11.6 Å². The molecule has 1 atom stereocenters. The molecule has 0 radical (unpaired) electrons. The van der Waals surface area contributed by atoms with Crippen molar-refractivity contribution < 1.29 is 19.1 Å². The Morgan fingerprint density at radius 2 is 2.10 bits per heavy atom. The molecule has 1 aromatic rings. The van der Waals surface area contributed by atoms with Gasteiger partial charge in [0.1, 0.15) is 5.75 Å². The third kappa shape index (κ3) is 5.48. The SMILES string of the molecule is Cc1cc(OCCCC(=O)O[C@H](C)C(N)=O)ccc1Cl. The van der Waals surface area contributed by atoms with Gasteiger partial charge in [-0.2, -0.15) is 0 Å². The van der Waals surface area contributed by atoms with E-state index in [4.69, 9.17) is 26.8 Å². The Kier molecular flexibility index (Phi) is 6.31. The number of ether oxygens (including phenoxy) is 2. The Hall–Kier alpha value is -1.75. The number of amides is 1. The van der Waals surface area contributed by atoms with Crippen LogP contribution in [0.3, 0.4) is 0 Å². The number of hydrogen-bond acceptors (Lipinski definition) is 4. The van der Waals surface area contributed by atoms with E-state index in [0.717, 1.165) is 5.56 Å². The van der Waals surface area contributed by atoms with Crippen LogP contribution in [0.5, 0.6) is 5.75 Å². The predicted molar refractivity (Wildman–Crippen MR) is 75.7 cm³/mol. The van der Waals surface area contributed by atoms with E-state index in [0.29, 0.717) is 23.8 Å². The van der Waals surface area contributed by atoms with Crippen molar-refractivity contribution in [1.82, 2.24) is 0 Å². The van der Waals surface area contributed by atoms with Gasteiger partial charge in [0.25, 0.3) is 5.91 Å². The van der Waals surface area contributed by atoms with Crippen molar-refractivity contribution in [3.8, 4) is 5.75 Å². The topological polar surface area (TPSA) is 78.6 Å². The molecule has 0 aromatic heterocycles. The second kappa shape index (κ2) is 7.75. The zero-order valence-electron chi connectivity index (χ0n) is 11.5. The number of nitrogens with two attached hydrogens (primary N) is 1. The molecule has 0 bridgehead atoms. The Morgan fingerprint density at radius 1 is 1.40 bits per heavy atom. The number of carbonyl (C=O) groups is 2. The van der Waals surface area contributed by atoms with Crippen LogP contribution in [-0.2, 0) is 14.3 Å². The van der Waals surface area contributed by atoms with Gasteiger partial charge in [-0.3, -0.25) is 9.59 Å². The number of benzene rings is 1. The van der Waals surface area contributed by atoms with Crippen molar-refractivity contribution in [2.24, 2.45) is 5.73 Å². The van der Waals surface area contributed by atoms with Crippen LogP contribution in [0.4, 0.5) is 0 Å². The molecule has 0 saturated heterocycles. The van der Waals surface area contributed by atoms with Gasteiger partial charge in [0.05, 0.1) is 6.61 Å². The zero-order chi connectivity index (χ0) is 15.1. The summed E-state index contributed by atoms with van der Waals surface area (Å²) in [6, 6.07) is 5.35. The standard InChI is InChI=1S/C14H18ClNO4/c1-9-8-11(5-6-12(9)15)19-7-3-4-13(17)20-10(2)14(16)18/h5-6,8,10H,3-4,7H2,1-2H3,(H2,16,18)/t10-/m1/s1. The Morgan fingerprint density at radius 3 is 2.70 bits per heavy atom. The van der Waals surface area contributed by atoms with E-state index in [1.165, 1.54) is 6.92 Å². The highest BCUT2D eigenvalue weighted by molar-refractivity contribution is 6.31. The van der Waals surface area contributed by atoms with Crippen molar-refractivity contribution in [1.29, 1.82) is 0 Å². The summed E-state index contributed by atoms with van der Waals surface area (Å²) < 4.78 is 10.3. The normalized spacial score (nSPS) is 11.8. The number of esters is 1. The van der Waals surface area contributed by atoms with Gasteiger partial charge >= 0.3 is 5.97 Å². The third-order valence-electron chi connectivity index (χ3n) is 2.63. The second-order valence-electron chi connectivity index (χ2n) is 4.40. The summed E-state index contributed by atoms with van der Waals surface area (Å²) in [5.74, 6) is -0.427. The first-order chi connectivity index (χ1) is 9.40. The molecule has 110 valence electrons. The average Bonchev–Trinajstić information content (AvgIpc) is 2.38. The summed E-state index contributed by atoms with van der Waals surface area (Å²) in [4.78, 5) is 22.1. The summed E-state index contributed by atoms with van der Waals surface area (Å²) in [7, 11) is 0. The molecule has 0 aliphatic rings. The molecule has 0 aliphatic carbocycles. The monoisotopic (exact) mass is 299 g/mol. The lowest BCUT2D eigenvalue weighted by Crippen LogP contribution is -2.30. The molecule has 0 heterocycles. The number of halogens is 1. The number of hydrogen-bond donors (Lipinski definition) is 1. The van der Waals surface area contributed by atoms with Crippen LogP contribution in [-0.4, -0.2) is 24.6 Å². The second-order valence-corrected chi connectivity index (χ2v) is 4.80. The summed E-state index contributed by atoms with van der Waals surface area (Å²) >= 11 is 5.90. The fourth-order valence-electron chi connectivity index (χ4n) is 1.43. The van der Waals surface area contributed by atoms with Crippen molar-refractivity contribution in [3.05, 3.63) is 28.8 Å². The Balaban J connectivity index is 2.26. The zero-order valence-corrected chi connectivity index (χ0v) is 12.3. The van der Waals surface area contributed by atoms with Crippen molar-refractivity contribution in [3.63, 3.8) is 0 Å². The molecule has 0 saturated carbocycles. The smallest absolute Gasteiger partial charge is 0.306 e. The van der Waals surface area contributed by atoms with Gasteiger partial charge in [0, 0.05) is 11.4 Å². The number of rotatable bonds is 7.